The molecule has 0 aliphatic rings. The number of fused-ring (bicyclic) bond motifs is 3. The molecule has 5 nitrogen and oxygen atoms in total. The Morgan fingerprint density at radius 1 is 1.39 bits per heavy atom. The van der Waals surface area contributed by atoms with E-state index in [1.807, 2.05) is 6.07 Å². The lowest BCUT2D eigenvalue weighted by Gasteiger charge is -2.03. The van der Waals surface area contributed by atoms with Crippen molar-refractivity contribution in [3.05, 3.63) is 36.3 Å². The first-order chi connectivity index (χ1) is 8.79. The number of benzene rings is 1. The van der Waals surface area contributed by atoms with Gasteiger partial charge in [0.1, 0.15) is 0 Å². The quantitative estimate of drug-likeness (QED) is 0.699. The highest BCUT2D eigenvalue weighted by Crippen LogP contribution is 2.21. The van der Waals surface area contributed by atoms with Gasteiger partial charge in [0.2, 0.25) is 0 Å². The zero-order chi connectivity index (χ0) is 12.5. The lowest BCUT2D eigenvalue weighted by atomic mass is 10.1. The molecule has 0 aliphatic heterocycles. The number of carbonyl (C=O) groups excluding carboxylic acids is 1. The van der Waals surface area contributed by atoms with Crippen molar-refractivity contribution >= 4 is 27.9 Å². The third kappa shape index (κ3) is 1.60. The Kier molecular flexibility index (Phi) is 2.44. The highest BCUT2D eigenvalue weighted by Gasteiger charge is 2.09. The SMILES string of the molecule is CCOC(=O)c1ccc2c(c1)ncc1[nH]cnc12. The van der Waals surface area contributed by atoms with Crippen LogP contribution in [0, 0.1) is 0 Å². The second kappa shape index (κ2) is 4.10. The fraction of sp³-hybridized carbons (Fsp3) is 0.154. The first-order valence-electron chi connectivity index (χ1n) is 5.68. The van der Waals surface area contributed by atoms with Gasteiger partial charge in [-0.3, -0.25) is 4.98 Å². The van der Waals surface area contributed by atoms with Crippen LogP contribution in [0.3, 0.4) is 0 Å². The predicted molar refractivity (Wildman–Crippen MR) is 67.4 cm³/mol. The van der Waals surface area contributed by atoms with Gasteiger partial charge >= 0.3 is 5.97 Å². The molecule has 0 aliphatic carbocycles. The van der Waals surface area contributed by atoms with E-state index >= 15 is 0 Å². The van der Waals surface area contributed by atoms with E-state index in [0.717, 1.165) is 21.9 Å². The van der Waals surface area contributed by atoms with Crippen molar-refractivity contribution in [3.8, 4) is 0 Å². The third-order valence-corrected chi connectivity index (χ3v) is 2.77. The van der Waals surface area contributed by atoms with Crippen LogP contribution in [-0.2, 0) is 4.74 Å². The lowest BCUT2D eigenvalue weighted by Crippen LogP contribution is -2.04. The van der Waals surface area contributed by atoms with Crippen LogP contribution >= 0.6 is 0 Å². The largest absolute Gasteiger partial charge is 0.462 e. The number of nitrogens with one attached hydrogen (secondary N) is 1. The number of hydrogen-bond acceptors (Lipinski definition) is 4. The summed E-state index contributed by atoms with van der Waals surface area (Å²) in [7, 11) is 0. The summed E-state index contributed by atoms with van der Waals surface area (Å²) in [6, 6.07) is 5.30. The van der Waals surface area contributed by atoms with E-state index in [0.29, 0.717) is 12.2 Å². The second-order valence-corrected chi connectivity index (χ2v) is 3.88. The number of H-pyrrole nitrogens is 1. The maximum absolute atomic E-state index is 11.6. The molecule has 0 saturated heterocycles. The molecule has 0 atom stereocenters. The van der Waals surface area contributed by atoms with E-state index < -0.39 is 0 Å². The van der Waals surface area contributed by atoms with Crippen molar-refractivity contribution in [2.45, 2.75) is 6.92 Å². The molecule has 0 amide bonds. The monoisotopic (exact) mass is 241 g/mol. The fourth-order valence-electron chi connectivity index (χ4n) is 1.93. The normalized spacial score (nSPS) is 10.9. The average Bonchev–Trinajstić information content (AvgIpc) is 2.87. The molecule has 0 saturated carbocycles. The number of ether oxygens (including phenoxy) is 1. The minimum Gasteiger partial charge on any atom is -0.462 e. The van der Waals surface area contributed by atoms with Crippen molar-refractivity contribution in [2.24, 2.45) is 0 Å². The first-order valence-corrected chi connectivity index (χ1v) is 5.68. The molecular weight excluding hydrogens is 230 g/mol. The van der Waals surface area contributed by atoms with Gasteiger partial charge in [0, 0.05) is 5.39 Å². The van der Waals surface area contributed by atoms with Gasteiger partial charge < -0.3 is 9.72 Å². The number of pyridine rings is 1. The molecule has 2 heterocycles. The highest BCUT2D eigenvalue weighted by molar-refractivity contribution is 6.04. The van der Waals surface area contributed by atoms with Crippen LogP contribution in [0.2, 0.25) is 0 Å². The molecule has 0 fully saturated rings. The Labute approximate surface area is 103 Å². The van der Waals surface area contributed by atoms with Crippen LogP contribution in [0.4, 0.5) is 0 Å². The molecule has 1 aromatic carbocycles. The second-order valence-electron chi connectivity index (χ2n) is 3.88. The van der Waals surface area contributed by atoms with Gasteiger partial charge in [-0.2, -0.15) is 0 Å². The molecule has 2 aromatic heterocycles. The number of carbonyl (C=O) groups is 1. The summed E-state index contributed by atoms with van der Waals surface area (Å²) in [5, 5.41) is 0.918. The molecule has 0 radical (unpaired) electrons. The summed E-state index contributed by atoms with van der Waals surface area (Å²) in [5.41, 5.74) is 2.98. The van der Waals surface area contributed by atoms with Gasteiger partial charge in [-0.1, -0.05) is 0 Å². The molecule has 0 spiro atoms. The molecule has 1 N–H and O–H groups in total. The topological polar surface area (TPSA) is 67.9 Å². The van der Waals surface area contributed by atoms with Crippen LogP contribution < -0.4 is 0 Å². The Hall–Kier alpha value is -2.43. The number of hydrogen-bond donors (Lipinski definition) is 1. The van der Waals surface area contributed by atoms with Gasteiger partial charge in [0.15, 0.2) is 0 Å². The molecule has 18 heavy (non-hydrogen) atoms. The van der Waals surface area contributed by atoms with Gasteiger partial charge in [0.05, 0.1) is 41.2 Å². The number of imidazole rings is 1. The average molecular weight is 241 g/mol. The van der Waals surface area contributed by atoms with Crippen LogP contribution in [0.15, 0.2) is 30.7 Å². The van der Waals surface area contributed by atoms with Crippen molar-refractivity contribution in [3.63, 3.8) is 0 Å². The molecule has 3 aromatic rings. The Morgan fingerprint density at radius 2 is 2.28 bits per heavy atom. The van der Waals surface area contributed by atoms with Crippen LogP contribution in [0.1, 0.15) is 17.3 Å². The third-order valence-electron chi connectivity index (χ3n) is 2.77. The van der Waals surface area contributed by atoms with Crippen molar-refractivity contribution in [1.82, 2.24) is 15.0 Å². The number of esters is 1. The number of aromatic nitrogens is 3. The van der Waals surface area contributed by atoms with Gasteiger partial charge in [-0.05, 0) is 25.1 Å². The van der Waals surface area contributed by atoms with Crippen LogP contribution in [0.5, 0.6) is 0 Å². The maximum atomic E-state index is 11.6. The highest BCUT2D eigenvalue weighted by atomic mass is 16.5. The molecule has 0 unspecified atom stereocenters. The van der Waals surface area contributed by atoms with E-state index in [-0.39, 0.29) is 5.97 Å². The van der Waals surface area contributed by atoms with Crippen molar-refractivity contribution < 1.29 is 9.53 Å². The summed E-state index contributed by atoms with van der Waals surface area (Å²) in [6.07, 6.45) is 3.34. The summed E-state index contributed by atoms with van der Waals surface area (Å²) in [4.78, 5) is 23.2. The summed E-state index contributed by atoms with van der Waals surface area (Å²) < 4.78 is 4.96. The fourth-order valence-corrected chi connectivity index (χ4v) is 1.93. The van der Waals surface area contributed by atoms with Gasteiger partial charge in [0.25, 0.3) is 0 Å². The zero-order valence-corrected chi connectivity index (χ0v) is 9.80. The molecule has 0 bridgehead atoms. The van der Waals surface area contributed by atoms with E-state index in [9.17, 15) is 4.79 Å². The van der Waals surface area contributed by atoms with Gasteiger partial charge in [-0.25, -0.2) is 9.78 Å². The van der Waals surface area contributed by atoms with Gasteiger partial charge in [-0.15, -0.1) is 0 Å². The molecule has 3 rings (SSSR count). The maximum Gasteiger partial charge on any atom is 0.338 e. The zero-order valence-electron chi connectivity index (χ0n) is 9.80. The minimum atomic E-state index is -0.330. The molecule has 5 heteroatoms. The van der Waals surface area contributed by atoms with E-state index in [1.165, 1.54) is 0 Å². The Bertz CT molecular complexity index is 733. The van der Waals surface area contributed by atoms with E-state index in [2.05, 4.69) is 15.0 Å². The van der Waals surface area contributed by atoms with E-state index in [4.69, 9.17) is 4.74 Å². The first kappa shape index (κ1) is 10.7. The molecule has 90 valence electrons. The number of aromatic amines is 1. The standard InChI is InChI=1S/C13H11N3O2/c1-2-18-13(17)8-3-4-9-10(5-8)14-6-11-12(9)16-7-15-11/h3-7H,2H2,1H3,(H,15,16). The number of rotatable bonds is 2. The Morgan fingerprint density at radius 3 is 3.11 bits per heavy atom. The summed E-state index contributed by atoms with van der Waals surface area (Å²) in [6.45, 7) is 2.15. The number of nitrogens with zero attached hydrogens (tertiary/aromatic N) is 2. The Balaban J connectivity index is 2.18. The predicted octanol–water partition coefficient (Wildman–Crippen LogP) is 2.29. The summed E-state index contributed by atoms with van der Waals surface area (Å²) >= 11 is 0. The van der Waals surface area contributed by atoms with Crippen molar-refractivity contribution in [1.29, 1.82) is 0 Å². The van der Waals surface area contributed by atoms with E-state index in [1.54, 1.807) is 31.6 Å². The minimum absolute atomic E-state index is 0.330. The van der Waals surface area contributed by atoms with Crippen molar-refractivity contribution in [2.75, 3.05) is 6.61 Å². The smallest absolute Gasteiger partial charge is 0.338 e. The van der Waals surface area contributed by atoms with Crippen LogP contribution in [-0.4, -0.2) is 27.5 Å². The van der Waals surface area contributed by atoms with Crippen LogP contribution in [0.25, 0.3) is 21.9 Å². The molecular formula is C13H11N3O2. The summed E-state index contributed by atoms with van der Waals surface area (Å²) in [5.74, 6) is -0.330. The lowest BCUT2D eigenvalue weighted by molar-refractivity contribution is 0.0526.